The van der Waals surface area contributed by atoms with Crippen molar-refractivity contribution in [2.75, 3.05) is 27.2 Å². The molecule has 0 unspecified atom stereocenters. The molecular formula is C17H18N2O4. The molecule has 0 saturated carbocycles. The fraction of sp³-hybridized carbons (Fsp3) is 0.235. The van der Waals surface area contributed by atoms with E-state index in [1.54, 1.807) is 26.2 Å². The molecule has 0 radical (unpaired) electrons. The van der Waals surface area contributed by atoms with Crippen LogP contribution in [0.25, 0.3) is 10.8 Å². The van der Waals surface area contributed by atoms with Crippen LogP contribution in [0.2, 0.25) is 0 Å². The summed E-state index contributed by atoms with van der Waals surface area (Å²) >= 11 is 0. The van der Waals surface area contributed by atoms with E-state index in [1.165, 1.54) is 4.90 Å². The van der Waals surface area contributed by atoms with Crippen molar-refractivity contribution in [2.45, 2.75) is 0 Å². The van der Waals surface area contributed by atoms with Gasteiger partial charge in [-0.1, -0.05) is 30.3 Å². The van der Waals surface area contributed by atoms with Crippen LogP contribution in [0.1, 0.15) is 10.4 Å². The van der Waals surface area contributed by atoms with Gasteiger partial charge in [0.05, 0.1) is 12.1 Å². The third kappa shape index (κ3) is 4.54. The molecule has 0 heterocycles. The fourth-order valence-corrected chi connectivity index (χ4v) is 1.91. The van der Waals surface area contributed by atoms with Crippen LogP contribution >= 0.6 is 0 Å². The van der Waals surface area contributed by atoms with E-state index in [4.69, 9.17) is 4.74 Å². The summed E-state index contributed by atoms with van der Waals surface area (Å²) < 4.78 is 4.96. The quantitative estimate of drug-likeness (QED) is 0.842. The lowest BCUT2D eigenvalue weighted by molar-refractivity contribution is -0.131. The zero-order valence-corrected chi connectivity index (χ0v) is 13.0. The molecule has 0 aliphatic rings. The van der Waals surface area contributed by atoms with Crippen molar-refractivity contribution in [3.63, 3.8) is 0 Å². The molecule has 1 N–H and O–H groups in total. The van der Waals surface area contributed by atoms with E-state index in [9.17, 15) is 14.4 Å². The van der Waals surface area contributed by atoms with E-state index in [-0.39, 0.29) is 12.5 Å². The highest BCUT2D eigenvalue weighted by molar-refractivity contribution is 5.96. The number of likely N-dealkylation sites (N-methyl/N-ethyl adjacent to an activating group) is 1. The fourth-order valence-electron chi connectivity index (χ4n) is 1.91. The Morgan fingerprint density at radius 1 is 1.04 bits per heavy atom. The molecule has 6 nitrogen and oxygen atoms in total. The van der Waals surface area contributed by atoms with Gasteiger partial charge in [0, 0.05) is 14.1 Å². The standard InChI is InChI=1S/C17H18N2O4/c1-19(2)16(21)10-18-15(20)11-23-17(22)14-8-7-12-5-3-4-6-13(12)9-14/h3-9H,10-11H2,1-2H3,(H,18,20). The number of nitrogens with one attached hydrogen (secondary N) is 1. The molecule has 6 heteroatoms. The lowest BCUT2D eigenvalue weighted by Crippen LogP contribution is -2.38. The van der Waals surface area contributed by atoms with Gasteiger partial charge in [0.1, 0.15) is 0 Å². The van der Waals surface area contributed by atoms with Gasteiger partial charge in [-0.25, -0.2) is 4.79 Å². The number of fused-ring (bicyclic) bond motifs is 1. The van der Waals surface area contributed by atoms with E-state index in [1.807, 2.05) is 30.3 Å². The largest absolute Gasteiger partial charge is 0.452 e. The summed E-state index contributed by atoms with van der Waals surface area (Å²) in [6.07, 6.45) is 0. The number of ether oxygens (including phenoxy) is 1. The number of hydrogen-bond donors (Lipinski definition) is 1. The highest BCUT2D eigenvalue weighted by atomic mass is 16.5. The number of carbonyl (C=O) groups is 3. The van der Waals surface area contributed by atoms with Gasteiger partial charge < -0.3 is 15.0 Å². The Kier molecular flexibility index (Phi) is 5.30. The molecule has 23 heavy (non-hydrogen) atoms. The van der Waals surface area contributed by atoms with E-state index >= 15 is 0 Å². The summed E-state index contributed by atoms with van der Waals surface area (Å²) in [6, 6.07) is 12.8. The van der Waals surface area contributed by atoms with Gasteiger partial charge in [0.25, 0.3) is 5.91 Å². The van der Waals surface area contributed by atoms with Crippen molar-refractivity contribution in [3.05, 3.63) is 48.0 Å². The molecule has 2 rings (SSSR count). The zero-order valence-electron chi connectivity index (χ0n) is 13.0. The van der Waals surface area contributed by atoms with Gasteiger partial charge in [-0.15, -0.1) is 0 Å². The van der Waals surface area contributed by atoms with Crippen LogP contribution in [-0.4, -0.2) is 49.9 Å². The third-order valence-electron chi connectivity index (χ3n) is 3.26. The van der Waals surface area contributed by atoms with Crippen LogP contribution in [0.4, 0.5) is 0 Å². The van der Waals surface area contributed by atoms with Crippen LogP contribution < -0.4 is 5.32 Å². The predicted octanol–water partition coefficient (Wildman–Crippen LogP) is 1.20. The molecule has 0 atom stereocenters. The minimum Gasteiger partial charge on any atom is -0.452 e. The first-order valence-electron chi connectivity index (χ1n) is 7.10. The maximum absolute atomic E-state index is 12.0. The van der Waals surface area contributed by atoms with E-state index in [2.05, 4.69) is 5.32 Å². The Morgan fingerprint density at radius 2 is 1.74 bits per heavy atom. The summed E-state index contributed by atoms with van der Waals surface area (Å²) in [6.45, 7) is -0.550. The van der Waals surface area contributed by atoms with Crippen molar-refractivity contribution in [1.82, 2.24) is 10.2 Å². The molecule has 0 aliphatic carbocycles. The Balaban J connectivity index is 1.88. The average molecular weight is 314 g/mol. The summed E-state index contributed by atoms with van der Waals surface area (Å²) in [5.74, 6) is -1.33. The SMILES string of the molecule is CN(C)C(=O)CNC(=O)COC(=O)c1ccc2ccccc2c1. The van der Waals surface area contributed by atoms with E-state index in [0.717, 1.165) is 10.8 Å². The minimum atomic E-state index is -0.579. The predicted molar refractivity (Wildman–Crippen MR) is 85.9 cm³/mol. The Labute approximate surface area is 134 Å². The van der Waals surface area contributed by atoms with Crippen molar-refractivity contribution >= 4 is 28.6 Å². The summed E-state index contributed by atoms with van der Waals surface area (Å²) in [7, 11) is 3.18. The van der Waals surface area contributed by atoms with Crippen molar-refractivity contribution in [1.29, 1.82) is 0 Å². The molecule has 0 aromatic heterocycles. The number of nitrogens with zero attached hydrogens (tertiary/aromatic N) is 1. The van der Waals surface area contributed by atoms with E-state index in [0.29, 0.717) is 5.56 Å². The normalized spacial score (nSPS) is 10.2. The van der Waals surface area contributed by atoms with Crippen molar-refractivity contribution in [2.24, 2.45) is 0 Å². The first-order chi connectivity index (χ1) is 11.0. The van der Waals surface area contributed by atoms with E-state index < -0.39 is 18.5 Å². The number of amides is 2. The van der Waals surface area contributed by atoms with Crippen LogP contribution in [0, 0.1) is 0 Å². The number of esters is 1. The lowest BCUT2D eigenvalue weighted by atomic mass is 10.1. The number of carbonyl (C=O) groups excluding carboxylic acids is 3. The Bertz CT molecular complexity index is 740. The molecule has 0 fully saturated rings. The van der Waals surface area contributed by atoms with Gasteiger partial charge in [-0.3, -0.25) is 9.59 Å². The minimum absolute atomic E-state index is 0.126. The van der Waals surface area contributed by atoms with Gasteiger partial charge in [-0.05, 0) is 22.9 Å². The maximum Gasteiger partial charge on any atom is 0.338 e. The lowest BCUT2D eigenvalue weighted by Gasteiger charge is -2.11. The molecule has 0 saturated heterocycles. The second kappa shape index (κ2) is 7.40. The molecule has 2 aromatic rings. The van der Waals surface area contributed by atoms with Crippen LogP contribution in [0.3, 0.4) is 0 Å². The second-order valence-electron chi connectivity index (χ2n) is 5.20. The second-order valence-corrected chi connectivity index (χ2v) is 5.20. The van der Waals surface area contributed by atoms with Crippen LogP contribution in [0.15, 0.2) is 42.5 Å². The Morgan fingerprint density at radius 3 is 2.43 bits per heavy atom. The smallest absolute Gasteiger partial charge is 0.338 e. The first kappa shape index (κ1) is 16.5. The van der Waals surface area contributed by atoms with Gasteiger partial charge in [-0.2, -0.15) is 0 Å². The van der Waals surface area contributed by atoms with Gasteiger partial charge in [0.15, 0.2) is 6.61 Å². The number of benzene rings is 2. The molecule has 2 aromatic carbocycles. The maximum atomic E-state index is 12.0. The first-order valence-corrected chi connectivity index (χ1v) is 7.10. The van der Waals surface area contributed by atoms with Gasteiger partial charge in [0.2, 0.25) is 5.91 Å². The monoisotopic (exact) mass is 314 g/mol. The number of hydrogen-bond acceptors (Lipinski definition) is 4. The highest BCUT2D eigenvalue weighted by Crippen LogP contribution is 2.16. The molecule has 120 valence electrons. The Hall–Kier alpha value is -2.89. The average Bonchev–Trinajstić information content (AvgIpc) is 2.56. The molecule has 2 amide bonds. The zero-order chi connectivity index (χ0) is 16.8. The topological polar surface area (TPSA) is 75.7 Å². The molecule has 0 spiro atoms. The summed E-state index contributed by atoms with van der Waals surface area (Å²) in [4.78, 5) is 36.2. The van der Waals surface area contributed by atoms with Gasteiger partial charge >= 0.3 is 5.97 Å². The molecular weight excluding hydrogens is 296 g/mol. The third-order valence-corrected chi connectivity index (χ3v) is 3.26. The molecule has 0 aliphatic heterocycles. The number of rotatable bonds is 5. The van der Waals surface area contributed by atoms with Crippen LogP contribution in [0.5, 0.6) is 0 Å². The summed E-state index contributed by atoms with van der Waals surface area (Å²) in [5.41, 5.74) is 0.376. The molecule has 0 bridgehead atoms. The van der Waals surface area contributed by atoms with Crippen LogP contribution in [-0.2, 0) is 14.3 Å². The highest BCUT2D eigenvalue weighted by Gasteiger charge is 2.12. The van der Waals surface area contributed by atoms with Crippen molar-refractivity contribution in [3.8, 4) is 0 Å². The van der Waals surface area contributed by atoms with Crippen molar-refractivity contribution < 1.29 is 19.1 Å². The summed E-state index contributed by atoms with van der Waals surface area (Å²) in [5, 5.41) is 4.33.